The van der Waals surface area contributed by atoms with Crippen molar-refractivity contribution < 1.29 is 22.4 Å². The lowest BCUT2D eigenvalue weighted by atomic mass is 9.92. The number of carbonyl (C=O) groups is 1. The Hall–Kier alpha value is -2.58. The molecule has 0 atom stereocenters. The lowest BCUT2D eigenvalue weighted by Crippen LogP contribution is -2.49. The number of benzene rings is 1. The van der Waals surface area contributed by atoms with E-state index in [0.717, 1.165) is 16.4 Å². The first-order valence-corrected chi connectivity index (χ1v) is 9.39. The molecular formula is C20H24F4N4O. The number of alkyl halides is 3. The van der Waals surface area contributed by atoms with Crippen LogP contribution < -0.4 is 4.90 Å². The number of aromatic nitrogens is 2. The molecule has 0 bridgehead atoms. The van der Waals surface area contributed by atoms with Crippen LogP contribution in [0.25, 0.3) is 0 Å². The first-order valence-electron chi connectivity index (χ1n) is 9.39. The first kappa shape index (κ1) is 21.1. The van der Waals surface area contributed by atoms with Gasteiger partial charge >= 0.3 is 6.18 Å². The van der Waals surface area contributed by atoms with Crippen molar-refractivity contribution in [3.63, 3.8) is 0 Å². The molecule has 158 valence electrons. The molecule has 1 aromatic heterocycles. The van der Waals surface area contributed by atoms with E-state index in [9.17, 15) is 22.4 Å². The normalized spacial score (nSPS) is 15.7. The maximum atomic E-state index is 13.1. The number of rotatable bonds is 3. The second-order valence-corrected chi connectivity index (χ2v) is 8.16. The van der Waals surface area contributed by atoms with Crippen LogP contribution in [0.2, 0.25) is 0 Å². The maximum absolute atomic E-state index is 13.1. The minimum absolute atomic E-state index is 0.237. The van der Waals surface area contributed by atoms with Gasteiger partial charge in [-0.3, -0.25) is 9.48 Å². The number of halogens is 4. The zero-order valence-corrected chi connectivity index (χ0v) is 16.6. The minimum Gasteiger partial charge on any atom is -0.368 e. The third-order valence-corrected chi connectivity index (χ3v) is 4.95. The van der Waals surface area contributed by atoms with E-state index in [1.165, 1.54) is 12.1 Å². The minimum atomic E-state index is -4.56. The van der Waals surface area contributed by atoms with Gasteiger partial charge in [0, 0.05) is 43.0 Å². The SMILES string of the molecule is CC(C)(C)c1cc(C(F)(F)F)nn1CC(=O)N1CCN(c2ccc(F)cc2)CC1. The van der Waals surface area contributed by atoms with E-state index in [2.05, 4.69) is 5.10 Å². The lowest BCUT2D eigenvalue weighted by molar-refractivity contribution is -0.142. The molecule has 1 saturated heterocycles. The fourth-order valence-electron chi connectivity index (χ4n) is 3.37. The van der Waals surface area contributed by atoms with Gasteiger partial charge in [-0.15, -0.1) is 0 Å². The van der Waals surface area contributed by atoms with E-state index in [0.29, 0.717) is 31.9 Å². The summed E-state index contributed by atoms with van der Waals surface area (Å²) in [4.78, 5) is 16.4. The second kappa shape index (κ2) is 7.68. The highest BCUT2D eigenvalue weighted by atomic mass is 19.4. The van der Waals surface area contributed by atoms with E-state index in [1.807, 2.05) is 4.90 Å². The van der Waals surface area contributed by atoms with Crippen LogP contribution in [0.3, 0.4) is 0 Å². The summed E-state index contributed by atoms with van der Waals surface area (Å²) in [5.74, 6) is -0.583. The molecule has 0 spiro atoms. The van der Waals surface area contributed by atoms with Gasteiger partial charge in [0.05, 0.1) is 0 Å². The van der Waals surface area contributed by atoms with E-state index < -0.39 is 17.3 Å². The quantitative estimate of drug-likeness (QED) is 0.723. The Balaban J connectivity index is 1.68. The van der Waals surface area contributed by atoms with Crippen molar-refractivity contribution in [1.29, 1.82) is 0 Å². The standard InChI is InChI=1S/C20H24F4N4O/c1-19(2,3)17-12-16(20(22,23)24)25-28(17)13-18(29)27-10-8-26(9-11-27)15-6-4-14(21)5-7-15/h4-7,12H,8-11,13H2,1-3H3. The largest absolute Gasteiger partial charge is 0.435 e. The summed E-state index contributed by atoms with van der Waals surface area (Å²) in [5.41, 5.74) is -0.340. The molecule has 29 heavy (non-hydrogen) atoms. The van der Waals surface area contributed by atoms with Gasteiger partial charge in [0.25, 0.3) is 0 Å². The van der Waals surface area contributed by atoms with Gasteiger partial charge in [-0.1, -0.05) is 20.8 Å². The van der Waals surface area contributed by atoms with Crippen LogP contribution >= 0.6 is 0 Å². The van der Waals surface area contributed by atoms with Crippen molar-refractivity contribution in [2.45, 2.75) is 38.9 Å². The predicted molar refractivity (Wildman–Crippen MR) is 101 cm³/mol. The van der Waals surface area contributed by atoms with E-state index in [1.54, 1.807) is 37.8 Å². The van der Waals surface area contributed by atoms with Gasteiger partial charge in [0.1, 0.15) is 12.4 Å². The zero-order valence-electron chi connectivity index (χ0n) is 16.6. The number of carbonyl (C=O) groups excluding carboxylic acids is 1. The van der Waals surface area contributed by atoms with Crippen LogP contribution in [0.4, 0.5) is 23.2 Å². The second-order valence-electron chi connectivity index (χ2n) is 8.16. The lowest BCUT2D eigenvalue weighted by Gasteiger charge is -2.36. The zero-order chi connectivity index (χ0) is 21.4. The molecule has 9 heteroatoms. The van der Waals surface area contributed by atoms with Crippen molar-refractivity contribution in [3.05, 3.63) is 47.5 Å². The van der Waals surface area contributed by atoms with Crippen LogP contribution in [0.15, 0.2) is 30.3 Å². The molecule has 1 fully saturated rings. The number of nitrogens with zero attached hydrogens (tertiary/aromatic N) is 4. The molecule has 0 radical (unpaired) electrons. The third kappa shape index (κ3) is 4.89. The molecule has 0 unspecified atom stereocenters. The molecule has 1 aliphatic rings. The molecule has 0 N–H and O–H groups in total. The molecule has 0 saturated carbocycles. The molecule has 5 nitrogen and oxygen atoms in total. The van der Waals surface area contributed by atoms with Crippen LogP contribution in [-0.2, 0) is 22.9 Å². The van der Waals surface area contributed by atoms with Gasteiger partial charge in [-0.05, 0) is 30.3 Å². The number of hydrogen-bond acceptors (Lipinski definition) is 3. The highest BCUT2D eigenvalue weighted by Crippen LogP contribution is 2.32. The van der Waals surface area contributed by atoms with Crippen molar-refractivity contribution in [2.24, 2.45) is 0 Å². The van der Waals surface area contributed by atoms with Gasteiger partial charge in [0.2, 0.25) is 5.91 Å². The highest BCUT2D eigenvalue weighted by molar-refractivity contribution is 5.76. The molecular weight excluding hydrogens is 388 g/mol. The van der Waals surface area contributed by atoms with Crippen molar-refractivity contribution in [3.8, 4) is 0 Å². The number of hydrogen-bond donors (Lipinski definition) is 0. The Labute approximate surface area is 166 Å². The maximum Gasteiger partial charge on any atom is 0.435 e. The molecule has 1 aliphatic heterocycles. The van der Waals surface area contributed by atoms with Crippen LogP contribution in [0.5, 0.6) is 0 Å². The van der Waals surface area contributed by atoms with Crippen molar-refractivity contribution >= 4 is 11.6 Å². The highest BCUT2D eigenvalue weighted by Gasteiger charge is 2.37. The Bertz CT molecular complexity index is 860. The predicted octanol–water partition coefficient (Wildman–Crippen LogP) is 3.69. The van der Waals surface area contributed by atoms with Gasteiger partial charge in [-0.25, -0.2) is 4.39 Å². The topological polar surface area (TPSA) is 41.4 Å². The van der Waals surface area contributed by atoms with Gasteiger partial charge < -0.3 is 9.80 Å². The Morgan fingerprint density at radius 1 is 1.03 bits per heavy atom. The average molecular weight is 412 g/mol. The third-order valence-electron chi connectivity index (χ3n) is 4.95. The average Bonchev–Trinajstić information content (AvgIpc) is 3.07. The van der Waals surface area contributed by atoms with Crippen molar-refractivity contribution in [1.82, 2.24) is 14.7 Å². The molecule has 2 heterocycles. The number of piperazine rings is 1. The van der Waals surface area contributed by atoms with Crippen molar-refractivity contribution in [2.75, 3.05) is 31.1 Å². The van der Waals surface area contributed by atoms with E-state index in [-0.39, 0.29) is 18.3 Å². The fourth-order valence-corrected chi connectivity index (χ4v) is 3.37. The van der Waals surface area contributed by atoms with Gasteiger partial charge in [0.15, 0.2) is 5.69 Å². The Morgan fingerprint density at radius 3 is 2.14 bits per heavy atom. The molecule has 0 aliphatic carbocycles. The summed E-state index contributed by atoms with van der Waals surface area (Å²) in [5, 5.41) is 3.65. The summed E-state index contributed by atoms with van der Waals surface area (Å²) in [6.07, 6.45) is -4.56. The monoisotopic (exact) mass is 412 g/mol. The van der Waals surface area contributed by atoms with E-state index >= 15 is 0 Å². The summed E-state index contributed by atoms with van der Waals surface area (Å²) < 4.78 is 53.5. The summed E-state index contributed by atoms with van der Waals surface area (Å²) >= 11 is 0. The molecule has 3 rings (SSSR count). The summed E-state index contributed by atoms with van der Waals surface area (Å²) in [7, 11) is 0. The summed E-state index contributed by atoms with van der Waals surface area (Å²) in [6.45, 7) is 7.13. The fraction of sp³-hybridized carbons (Fsp3) is 0.500. The Morgan fingerprint density at radius 2 is 1.62 bits per heavy atom. The van der Waals surface area contributed by atoms with Crippen LogP contribution in [0.1, 0.15) is 32.2 Å². The Kier molecular flexibility index (Phi) is 5.60. The smallest absolute Gasteiger partial charge is 0.368 e. The summed E-state index contributed by atoms with van der Waals surface area (Å²) in [6, 6.07) is 7.16. The molecule has 1 amide bonds. The first-order chi connectivity index (χ1) is 13.4. The van der Waals surface area contributed by atoms with Gasteiger partial charge in [-0.2, -0.15) is 18.3 Å². The number of amides is 1. The number of anilines is 1. The molecule has 2 aromatic rings. The van der Waals surface area contributed by atoms with E-state index in [4.69, 9.17) is 0 Å². The van der Waals surface area contributed by atoms with Crippen LogP contribution in [-0.4, -0.2) is 46.8 Å². The molecule has 1 aromatic carbocycles. The van der Waals surface area contributed by atoms with Crippen LogP contribution in [0, 0.1) is 5.82 Å².